The Bertz CT molecular complexity index is 512. The van der Waals surface area contributed by atoms with Gasteiger partial charge < -0.3 is 9.64 Å². The summed E-state index contributed by atoms with van der Waals surface area (Å²) in [6, 6.07) is 0.139. The molecular formula is C16H26N4O2. The third kappa shape index (κ3) is 3.87. The van der Waals surface area contributed by atoms with Gasteiger partial charge in [0.1, 0.15) is 11.4 Å². The van der Waals surface area contributed by atoms with Crippen molar-refractivity contribution >= 4 is 11.8 Å². The molecule has 1 aliphatic rings. The lowest BCUT2D eigenvalue weighted by Crippen LogP contribution is -2.59. The normalized spacial score (nSPS) is 22.6. The fourth-order valence-corrected chi connectivity index (χ4v) is 2.76. The molecule has 0 aromatic carbocycles. The first kappa shape index (κ1) is 16.5. The van der Waals surface area contributed by atoms with Crippen LogP contribution in [0.1, 0.15) is 40.4 Å². The Morgan fingerprint density at radius 2 is 1.68 bits per heavy atom. The topological polar surface area (TPSA) is 58.6 Å². The molecule has 0 aliphatic carbocycles. The maximum absolute atomic E-state index is 12.4. The van der Waals surface area contributed by atoms with E-state index in [0.29, 0.717) is 0 Å². The molecule has 6 heteroatoms. The number of piperazine rings is 1. The van der Waals surface area contributed by atoms with Gasteiger partial charge in [0.05, 0.1) is 30.2 Å². The molecule has 0 N–H and O–H groups in total. The molecule has 22 heavy (non-hydrogen) atoms. The SMILES string of the molecule is Cc1ncc(N2C[C@@H](C)N(C(=O)OC(C)(C)C)[C@@H](C)C2)cn1. The molecule has 2 rings (SSSR count). The van der Waals surface area contributed by atoms with Crippen LogP contribution in [0, 0.1) is 6.92 Å². The molecular weight excluding hydrogens is 280 g/mol. The first-order chi connectivity index (χ1) is 10.2. The second-order valence-corrected chi connectivity index (χ2v) is 6.98. The molecule has 0 unspecified atom stereocenters. The Labute approximate surface area is 132 Å². The van der Waals surface area contributed by atoms with Gasteiger partial charge in [0.15, 0.2) is 0 Å². The molecule has 1 fully saturated rings. The van der Waals surface area contributed by atoms with E-state index >= 15 is 0 Å². The van der Waals surface area contributed by atoms with E-state index < -0.39 is 5.60 Å². The van der Waals surface area contributed by atoms with Crippen molar-refractivity contribution in [1.29, 1.82) is 0 Å². The number of hydrogen-bond acceptors (Lipinski definition) is 5. The van der Waals surface area contributed by atoms with Crippen LogP contribution in [0.4, 0.5) is 10.5 Å². The number of aromatic nitrogens is 2. The smallest absolute Gasteiger partial charge is 0.410 e. The Morgan fingerprint density at radius 3 is 2.14 bits per heavy atom. The molecule has 1 saturated heterocycles. The third-order valence-electron chi connectivity index (χ3n) is 3.66. The Morgan fingerprint density at radius 1 is 1.18 bits per heavy atom. The first-order valence-corrected chi connectivity index (χ1v) is 7.72. The van der Waals surface area contributed by atoms with E-state index in [1.54, 1.807) is 0 Å². The third-order valence-corrected chi connectivity index (χ3v) is 3.66. The number of carbonyl (C=O) groups is 1. The standard InChI is InChI=1S/C16H26N4O2/c1-11-9-19(14-7-17-13(3)18-8-14)10-12(2)20(11)15(21)22-16(4,5)6/h7-8,11-12H,9-10H2,1-6H3/t11-,12+. The average Bonchev–Trinajstić information content (AvgIpc) is 2.36. The second-order valence-electron chi connectivity index (χ2n) is 6.98. The molecule has 1 aromatic rings. The molecule has 2 atom stereocenters. The quantitative estimate of drug-likeness (QED) is 0.798. The molecule has 2 heterocycles. The van der Waals surface area contributed by atoms with Crippen molar-refractivity contribution in [3.05, 3.63) is 18.2 Å². The Kier molecular flexibility index (Phi) is 4.58. The van der Waals surface area contributed by atoms with Gasteiger partial charge in [-0.15, -0.1) is 0 Å². The van der Waals surface area contributed by atoms with Crippen molar-refractivity contribution in [2.24, 2.45) is 0 Å². The van der Waals surface area contributed by atoms with Gasteiger partial charge in [-0.3, -0.25) is 4.90 Å². The lowest BCUT2D eigenvalue weighted by Gasteiger charge is -2.45. The van der Waals surface area contributed by atoms with Crippen LogP contribution < -0.4 is 4.90 Å². The maximum atomic E-state index is 12.4. The number of amides is 1. The van der Waals surface area contributed by atoms with Crippen molar-refractivity contribution in [1.82, 2.24) is 14.9 Å². The second kappa shape index (κ2) is 6.10. The van der Waals surface area contributed by atoms with E-state index in [1.165, 1.54) is 0 Å². The van der Waals surface area contributed by atoms with Gasteiger partial charge >= 0.3 is 6.09 Å². The van der Waals surface area contributed by atoms with Crippen molar-refractivity contribution in [2.75, 3.05) is 18.0 Å². The maximum Gasteiger partial charge on any atom is 0.410 e. The van der Waals surface area contributed by atoms with Crippen molar-refractivity contribution < 1.29 is 9.53 Å². The zero-order valence-electron chi connectivity index (χ0n) is 14.3. The van der Waals surface area contributed by atoms with Gasteiger partial charge in [-0.25, -0.2) is 14.8 Å². The summed E-state index contributed by atoms with van der Waals surface area (Å²) >= 11 is 0. The highest BCUT2D eigenvalue weighted by Gasteiger charge is 2.35. The van der Waals surface area contributed by atoms with Crippen LogP contribution in [-0.2, 0) is 4.74 Å². The van der Waals surface area contributed by atoms with Crippen molar-refractivity contribution in [3.8, 4) is 0 Å². The van der Waals surface area contributed by atoms with E-state index in [2.05, 4.69) is 14.9 Å². The first-order valence-electron chi connectivity index (χ1n) is 7.72. The summed E-state index contributed by atoms with van der Waals surface area (Å²) in [6.07, 6.45) is 3.43. The van der Waals surface area contributed by atoms with Crippen LogP contribution in [0.5, 0.6) is 0 Å². The summed E-state index contributed by atoms with van der Waals surface area (Å²) in [6.45, 7) is 13.1. The number of hydrogen-bond donors (Lipinski definition) is 0. The van der Waals surface area contributed by atoms with Crippen LogP contribution in [0.2, 0.25) is 0 Å². The van der Waals surface area contributed by atoms with Gasteiger partial charge in [-0.2, -0.15) is 0 Å². The average molecular weight is 306 g/mol. The number of ether oxygens (including phenoxy) is 1. The van der Waals surface area contributed by atoms with E-state index in [0.717, 1.165) is 24.6 Å². The van der Waals surface area contributed by atoms with Gasteiger partial charge in [-0.05, 0) is 41.5 Å². The van der Waals surface area contributed by atoms with E-state index in [-0.39, 0.29) is 18.2 Å². The summed E-state index contributed by atoms with van der Waals surface area (Å²) in [5.74, 6) is 0.761. The summed E-state index contributed by atoms with van der Waals surface area (Å²) in [7, 11) is 0. The fraction of sp³-hybridized carbons (Fsp3) is 0.688. The number of nitrogens with zero attached hydrogens (tertiary/aromatic N) is 4. The number of aryl methyl sites for hydroxylation is 1. The molecule has 0 bridgehead atoms. The predicted molar refractivity (Wildman–Crippen MR) is 86.0 cm³/mol. The number of rotatable bonds is 1. The zero-order chi connectivity index (χ0) is 16.5. The van der Waals surface area contributed by atoms with E-state index in [4.69, 9.17) is 4.74 Å². The molecule has 1 amide bonds. The van der Waals surface area contributed by atoms with Crippen LogP contribution in [0.3, 0.4) is 0 Å². The highest BCUT2D eigenvalue weighted by Crippen LogP contribution is 2.23. The van der Waals surface area contributed by atoms with Gasteiger partial charge in [-0.1, -0.05) is 0 Å². The number of anilines is 1. The van der Waals surface area contributed by atoms with Crippen LogP contribution >= 0.6 is 0 Å². The van der Waals surface area contributed by atoms with Gasteiger partial charge in [0, 0.05) is 13.1 Å². The summed E-state index contributed by atoms with van der Waals surface area (Å²) in [4.78, 5) is 24.9. The Balaban J connectivity index is 2.08. The fourth-order valence-electron chi connectivity index (χ4n) is 2.76. The van der Waals surface area contributed by atoms with Crippen LogP contribution in [0.15, 0.2) is 12.4 Å². The largest absolute Gasteiger partial charge is 0.444 e. The molecule has 0 radical (unpaired) electrons. The van der Waals surface area contributed by atoms with Crippen molar-refractivity contribution in [2.45, 2.75) is 59.2 Å². The summed E-state index contributed by atoms with van der Waals surface area (Å²) < 4.78 is 5.52. The lowest BCUT2D eigenvalue weighted by molar-refractivity contribution is 0.00566. The van der Waals surface area contributed by atoms with Gasteiger partial charge in [0.25, 0.3) is 0 Å². The number of carbonyl (C=O) groups excluding carboxylic acids is 1. The highest BCUT2D eigenvalue weighted by molar-refractivity contribution is 5.69. The van der Waals surface area contributed by atoms with Crippen LogP contribution in [-0.4, -0.2) is 51.7 Å². The summed E-state index contributed by atoms with van der Waals surface area (Å²) in [5, 5.41) is 0. The Hall–Kier alpha value is -1.85. The molecule has 1 aliphatic heterocycles. The molecule has 122 valence electrons. The van der Waals surface area contributed by atoms with E-state index in [9.17, 15) is 4.79 Å². The minimum atomic E-state index is -0.474. The highest BCUT2D eigenvalue weighted by atomic mass is 16.6. The lowest BCUT2D eigenvalue weighted by atomic mass is 10.1. The minimum Gasteiger partial charge on any atom is -0.444 e. The van der Waals surface area contributed by atoms with Crippen molar-refractivity contribution in [3.63, 3.8) is 0 Å². The monoisotopic (exact) mass is 306 g/mol. The zero-order valence-corrected chi connectivity index (χ0v) is 14.3. The molecule has 0 saturated carbocycles. The molecule has 1 aromatic heterocycles. The minimum absolute atomic E-state index is 0.0694. The predicted octanol–water partition coefficient (Wildman–Crippen LogP) is 2.62. The molecule has 0 spiro atoms. The summed E-state index contributed by atoms with van der Waals surface area (Å²) in [5.41, 5.74) is 0.520. The van der Waals surface area contributed by atoms with Crippen LogP contribution in [0.25, 0.3) is 0 Å². The van der Waals surface area contributed by atoms with Gasteiger partial charge in [0.2, 0.25) is 0 Å². The molecule has 6 nitrogen and oxygen atoms in total. The van der Waals surface area contributed by atoms with E-state index in [1.807, 2.05) is 58.8 Å².